The molecule has 3 rings (SSSR count). The molecule has 3 fully saturated rings. The summed E-state index contributed by atoms with van der Waals surface area (Å²) in [6.45, 7) is 15.5. The van der Waals surface area contributed by atoms with E-state index in [2.05, 4.69) is 44.8 Å². The Labute approximate surface area is 129 Å². The van der Waals surface area contributed by atoms with E-state index in [1.54, 1.807) is 0 Å². The lowest BCUT2D eigenvalue weighted by atomic mass is 9.57. The lowest BCUT2D eigenvalue weighted by Crippen LogP contribution is -2.68. The molecule has 1 aliphatic carbocycles. The molecule has 0 aromatic rings. The molecule has 0 aromatic heterocycles. The molecule has 1 N–H and O–H groups in total. The van der Waals surface area contributed by atoms with Crippen molar-refractivity contribution >= 4 is 5.96 Å². The number of aliphatic imine (C=N–C) groups is 1. The van der Waals surface area contributed by atoms with Crippen LogP contribution in [0.15, 0.2) is 4.99 Å². The molecule has 120 valence electrons. The van der Waals surface area contributed by atoms with Gasteiger partial charge in [0, 0.05) is 43.6 Å². The van der Waals surface area contributed by atoms with Crippen LogP contribution in [0.25, 0.3) is 0 Å². The highest BCUT2D eigenvalue weighted by Gasteiger charge is 2.59. The summed E-state index contributed by atoms with van der Waals surface area (Å²) in [5, 5.41) is 3.79. The fourth-order valence-electron chi connectivity index (χ4n) is 4.44. The molecule has 0 bridgehead atoms. The molecule has 2 heterocycles. The maximum atomic E-state index is 5.90. The molecule has 3 aliphatic rings. The monoisotopic (exact) mass is 293 g/mol. The van der Waals surface area contributed by atoms with Crippen molar-refractivity contribution in [2.75, 3.05) is 26.2 Å². The Morgan fingerprint density at radius 2 is 2.10 bits per heavy atom. The van der Waals surface area contributed by atoms with Crippen molar-refractivity contribution in [2.45, 2.75) is 59.6 Å². The van der Waals surface area contributed by atoms with Crippen molar-refractivity contribution in [3.63, 3.8) is 0 Å². The number of nitrogens with one attached hydrogen (secondary N) is 1. The van der Waals surface area contributed by atoms with E-state index in [9.17, 15) is 0 Å². The van der Waals surface area contributed by atoms with Crippen LogP contribution >= 0.6 is 0 Å². The van der Waals surface area contributed by atoms with Gasteiger partial charge in [-0.2, -0.15) is 0 Å². The van der Waals surface area contributed by atoms with Crippen molar-refractivity contribution in [1.82, 2.24) is 10.2 Å². The zero-order chi connectivity index (χ0) is 15.3. The Kier molecular flexibility index (Phi) is 3.71. The van der Waals surface area contributed by atoms with Gasteiger partial charge >= 0.3 is 0 Å². The molecular formula is C17H31N3O. The van der Waals surface area contributed by atoms with Gasteiger partial charge in [0.15, 0.2) is 5.96 Å². The van der Waals surface area contributed by atoms with E-state index in [1.165, 1.54) is 12.8 Å². The van der Waals surface area contributed by atoms with E-state index < -0.39 is 0 Å². The molecule has 4 heteroatoms. The van der Waals surface area contributed by atoms with Crippen LogP contribution in [0.1, 0.15) is 47.5 Å². The zero-order valence-corrected chi connectivity index (χ0v) is 14.3. The molecular weight excluding hydrogens is 262 g/mol. The first kappa shape index (κ1) is 15.1. The maximum Gasteiger partial charge on any atom is 0.194 e. The fourth-order valence-corrected chi connectivity index (χ4v) is 4.44. The summed E-state index contributed by atoms with van der Waals surface area (Å²) in [6.07, 6.45) is 2.88. The van der Waals surface area contributed by atoms with Crippen molar-refractivity contribution < 1.29 is 4.74 Å². The molecule has 0 spiro atoms. The van der Waals surface area contributed by atoms with Gasteiger partial charge in [0.05, 0.1) is 6.10 Å². The average molecular weight is 293 g/mol. The van der Waals surface area contributed by atoms with Crippen LogP contribution in [0.2, 0.25) is 0 Å². The second-order valence-electron chi connectivity index (χ2n) is 8.32. The molecule has 2 aliphatic heterocycles. The summed E-state index contributed by atoms with van der Waals surface area (Å²) < 4.78 is 5.90. The zero-order valence-electron chi connectivity index (χ0n) is 14.3. The smallest absolute Gasteiger partial charge is 0.194 e. The number of ether oxygens (including phenoxy) is 1. The molecule has 0 amide bonds. The standard InChI is InChI=1S/C17H31N3O/c1-6-18-15(20-9-8-16(2,3)11-20)19-13-12-7-10-21-14(12)17(13,4)5/h12-14H,6-11H2,1-5H3,(H,18,19). The fraction of sp³-hybridized carbons (Fsp3) is 0.941. The molecule has 0 radical (unpaired) electrons. The molecule has 4 nitrogen and oxygen atoms in total. The van der Waals surface area contributed by atoms with Gasteiger partial charge in [-0.15, -0.1) is 0 Å². The third-order valence-electron chi connectivity index (χ3n) is 5.67. The molecule has 1 saturated carbocycles. The molecule has 2 saturated heterocycles. The summed E-state index contributed by atoms with van der Waals surface area (Å²) in [5.74, 6) is 1.78. The van der Waals surface area contributed by atoms with Crippen molar-refractivity contribution in [1.29, 1.82) is 0 Å². The van der Waals surface area contributed by atoms with Gasteiger partial charge < -0.3 is 15.0 Å². The van der Waals surface area contributed by atoms with E-state index >= 15 is 0 Å². The Morgan fingerprint density at radius 1 is 1.33 bits per heavy atom. The van der Waals surface area contributed by atoms with Crippen LogP contribution < -0.4 is 5.32 Å². The van der Waals surface area contributed by atoms with Crippen molar-refractivity contribution in [3.05, 3.63) is 0 Å². The minimum Gasteiger partial charge on any atom is -0.377 e. The third kappa shape index (κ3) is 2.56. The van der Waals surface area contributed by atoms with Crippen LogP contribution in [0.4, 0.5) is 0 Å². The largest absolute Gasteiger partial charge is 0.377 e. The van der Waals surface area contributed by atoms with Gasteiger partial charge in [-0.1, -0.05) is 27.7 Å². The van der Waals surface area contributed by atoms with Crippen molar-refractivity contribution in [2.24, 2.45) is 21.7 Å². The lowest BCUT2D eigenvalue weighted by Gasteiger charge is -2.55. The number of hydrogen-bond acceptors (Lipinski definition) is 2. The summed E-state index contributed by atoms with van der Waals surface area (Å²) in [5.41, 5.74) is 0.620. The number of rotatable bonds is 2. The first-order chi connectivity index (χ1) is 9.85. The quantitative estimate of drug-likeness (QED) is 0.628. The van der Waals surface area contributed by atoms with Gasteiger partial charge in [-0.25, -0.2) is 0 Å². The number of nitrogens with zero attached hydrogens (tertiary/aromatic N) is 2. The van der Waals surface area contributed by atoms with Crippen LogP contribution in [-0.2, 0) is 4.74 Å². The van der Waals surface area contributed by atoms with E-state index in [1.807, 2.05) is 0 Å². The summed E-state index contributed by atoms with van der Waals surface area (Å²) in [7, 11) is 0. The number of likely N-dealkylation sites (tertiary alicyclic amines) is 1. The minimum atomic E-state index is 0.213. The van der Waals surface area contributed by atoms with Gasteiger partial charge in [-0.3, -0.25) is 4.99 Å². The molecule has 3 atom stereocenters. The number of guanidine groups is 1. The summed E-state index contributed by atoms with van der Waals surface area (Å²) in [6, 6.07) is 0.499. The minimum absolute atomic E-state index is 0.213. The van der Waals surface area contributed by atoms with Crippen molar-refractivity contribution in [3.8, 4) is 0 Å². The van der Waals surface area contributed by atoms with Crippen LogP contribution in [0.3, 0.4) is 0 Å². The van der Waals surface area contributed by atoms with Gasteiger partial charge in [0.25, 0.3) is 0 Å². The summed E-state index contributed by atoms with van der Waals surface area (Å²) >= 11 is 0. The Hall–Kier alpha value is -0.770. The number of fused-ring (bicyclic) bond motifs is 1. The Morgan fingerprint density at radius 3 is 2.71 bits per heavy atom. The average Bonchev–Trinajstić information content (AvgIpc) is 2.99. The van der Waals surface area contributed by atoms with Crippen LogP contribution in [0.5, 0.6) is 0 Å². The number of hydrogen-bond donors (Lipinski definition) is 1. The normalized spacial score (nSPS) is 37.3. The van der Waals surface area contributed by atoms with E-state index in [-0.39, 0.29) is 5.41 Å². The van der Waals surface area contributed by atoms with Crippen LogP contribution in [0, 0.1) is 16.7 Å². The van der Waals surface area contributed by atoms with E-state index in [0.29, 0.717) is 23.5 Å². The maximum absolute atomic E-state index is 5.90. The topological polar surface area (TPSA) is 36.9 Å². The predicted molar refractivity (Wildman–Crippen MR) is 86.5 cm³/mol. The first-order valence-electron chi connectivity index (χ1n) is 8.53. The highest BCUT2D eigenvalue weighted by atomic mass is 16.5. The van der Waals surface area contributed by atoms with Crippen LogP contribution in [-0.4, -0.2) is 49.2 Å². The summed E-state index contributed by atoms with van der Waals surface area (Å²) in [4.78, 5) is 7.21. The van der Waals surface area contributed by atoms with Gasteiger partial charge in [0.2, 0.25) is 0 Å². The predicted octanol–water partition coefficient (Wildman–Crippen LogP) is 2.50. The highest BCUT2D eigenvalue weighted by molar-refractivity contribution is 5.81. The Balaban J connectivity index is 1.70. The van der Waals surface area contributed by atoms with Gasteiger partial charge in [0.1, 0.15) is 0 Å². The molecule has 3 unspecified atom stereocenters. The molecule has 21 heavy (non-hydrogen) atoms. The Bertz CT molecular complexity index is 430. The first-order valence-corrected chi connectivity index (χ1v) is 8.53. The third-order valence-corrected chi connectivity index (χ3v) is 5.67. The lowest BCUT2D eigenvalue weighted by molar-refractivity contribution is -0.107. The van der Waals surface area contributed by atoms with Gasteiger partial charge in [-0.05, 0) is 25.2 Å². The second-order valence-corrected chi connectivity index (χ2v) is 8.32. The SMILES string of the molecule is CCN=C(NC1C2CCOC2C1(C)C)N1CCC(C)(C)C1. The van der Waals surface area contributed by atoms with E-state index in [0.717, 1.165) is 32.2 Å². The highest BCUT2D eigenvalue weighted by Crippen LogP contribution is 2.52. The van der Waals surface area contributed by atoms with E-state index in [4.69, 9.17) is 9.73 Å². The molecule has 0 aromatic carbocycles. The second kappa shape index (κ2) is 5.15.